The Morgan fingerprint density at radius 1 is 1.04 bits per heavy atom. The molecule has 0 unspecified atom stereocenters. The molecule has 25 heavy (non-hydrogen) atoms. The average Bonchev–Trinajstić information content (AvgIpc) is 2.54. The molecule has 0 radical (unpaired) electrons. The first-order valence-corrected chi connectivity index (χ1v) is 9.73. The van der Waals surface area contributed by atoms with Gasteiger partial charge in [0, 0.05) is 17.6 Å². The summed E-state index contributed by atoms with van der Waals surface area (Å²) in [5.74, 6) is 0.943. The van der Waals surface area contributed by atoms with E-state index in [0.717, 1.165) is 5.56 Å². The third kappa shape index (κ3) is 5.10. The van der Waals surface area contributed by atoms with Crippen LogP contribution < -0.4 is 14.2 Å². The van der Waals surface area contributed by atoms with Crippen molar-refractivity contribution >= 4 is 31.6 Å². The van der Waals surface area contributed by atoms with Crippen LogP contribution in [0.25, 0.3) is 0 Å². The van der Waals surface area contributed by atoms with Crippen molar-refractivity contribution in [1.29, 1.82) is 0 Å². The van der Waals surface area contributed by atoms with Crippen molar-refractivity contribution in [3.63, 3.8) is 0 Å². The number of anilines is 1. The van der Waals surface area contributed by atoms with Crippen molar-refractivity contribution in [2.75, 3.05) is 32.2 Å². The van der Waals surface area contributed by atoms with Gasteiger partial charge in [-0.25, -0.2) is 8.42 Å². The summed E-state index contributed by atoms with van der Waals surface area (Å²) in [6, 6.07) is 9.88. The first kappa shape index (κ1) is 19.6. The number of nitrogens with one attached hydrogen (secondary N) is 1. The predicted molar refractivity (Wildman–Crippen MR) is 100 cm³/mol. The fourth-order valence-electron chi connectivity index (χ4n) is 2.12. The largest absolute Gasteiger partial charge is 0.493 e. The van der Waals surface area contributed by atoms with Crippen LogP contribution in [0.15, 0.2) is 45.8 Å². The van der Waals surface area contributed by atoms with Gasteiger partial charge >= 0.3 is 0 Å². The first-order valence-electron chi connectivity index (χ1n) is 7.46. The topological polar surface area (TPSA) is 73.9 Å². The van der Waals surface area contributed by atoms with E-state index in [1.54, 1.807) is 43.5 Å². The van der Waals surface area contributed by atoms with Crippen LogP contribution in [0.5, 0.6) is 11.5 Å². The summed E-state index contributed by atoms with van der Waals surface area (Å²) < 4.78 is 44.1. The molecule has 8 heteroatoms. The number of hydrogen-bond acceptors (Lipinski definition) is 5. The van der Waals surface area contributed by atoms with Gasteiger partial charge in [0.25, 0.3) is 10.0 Å². The number of rotatable bonds is 8. The van der Waals surface area contributed by atoms with E-state index in [4.69, 9.17) is 14.2 Å². The minimum atomic E-state index is -3.74. The number of methoxy groups -OCH3 is 2. The molecule has 0 aromatic heterocycles. The van der Waals surface area contributed by atoms with Crippen molar-refractivity contribution in [2.24, 2.45) is 0 Å². The van der Waals surface area contributed by atoms with E-state index in [0.29, 0.717) is 34.9 Å². The summed E-state index contributed by atoms with van der Waals surface area (Å²) in [5, 5.41) is 0. The molecule has 0 aliphatic rings. The van der Waals surface area contributed by atoms with Crippen molar-refractivity contribution < 1.29 is 22.6 Å². The molecule has 0 spiro atoms. The second kappa shape index (κ2) is 8.55. The van der Waals surface area contributed by atoms with Gasteiger partial charge in [-0.3, -0.25) is 4.72 Å². The number of sulfonamides is 1. The van der Waals surface area contributed by atoms with E-state index in [-0.39, 0.29) is 4.90 Å². The van der Waals surface area contributed by atoms with Gasteiger partial charge in [0.2, 0.25) is 0 Å². The first-order chi connectivity index (χ1) is 11.9. The van der Waals surface area contributed by atoms with E-state index in [2.05, 4.69) is 20.7 Å². The third-order valence-electron chi connectivity index (χ3n) is 3.34. The van der Waals surface area contributed by atoms with Gasteiger partial charge in [0.1, 0.15) is 11.5 Å². The highest BCUT2D eigenvalue weighted by Crippen LogP contribution is 2.32. The third-order valence-corrected chi connectivity index (χ3v) is 5.70. The molecule has 0 fully saturated rings. The predicted octanol–water partition coefficient (Wildman–Crippen LogP) is 3.59. The van der Waals surface area contributed by atoms with Crippen molar-refractivity contribution in [2.45, 2.75) is 11.8 Å². The lowest BCUT2D eigenvalue weighted by molar-refractivity contribution is 0.144. The van der Waals surface area contributed by atoms with E-state index >= 15 is 0 Å². The van der Waals surface area contributed by atoms with Crippen molar-refractivity contribution in [3.8, 4) is 11.5 Å². The zero-order valence-corrected chi connectivity index (χ0v) is 16.6. The van der Waals surface area contributed by atoms with Crippen LogP contribution in [0.4, 0.5) is 5.69 Å². The highest BCUT2D eigenvalue weighted by molar-refractivity contribution is 9.10. The zero-order valence-electron chi connectivity index (χ0n) is 14.2. The Kier molecular flexibility index (Phi) is 6.69. The van der Waals surface area contributed by atoms with Gasteiger partial charge in [-0.15, -0.1) is 0 Å². The molecule has 0 aliphatic carbocycles. The van der Waals surface area contributed by atoms with Crippen LogP contribution in [0.1, 0.15) is 5.56 Å². The number of benzene rings is 2. The molecule has 2 aromatic carbocycles. The molecule has 0 amide bonds. The molecule has 136 valence electrons. The molecule has 6 nitrogen and oxygen atoms in total. The molecule has 0 saturated heterocycles. The van der Waals surface area contributed by atoms with E-state index in [9.17, 15) is 8.42 Å². The molecular formula is C17H20BrNO5S. The standard InChI is InChI=1S/C17H20BrNO5S/c1-12-4-7-17(14(18)10-12)25(20,21)19-13-5-6-15(23-3)16(11-13)24-9-8-22-2/h4-7,10-11,19H,8-9H2,1-3H3. The van der Waals surface area contributed by atoms with Crippen LogP contribution in [-0.4, -0.2) is 35.9 Å². The molecule has 0 saturated carbocycles. The summed E-state index contributed by atoms with van der Waals surface area (Å²) in [6.45, 7) is 2.63. The van der Waals surface area contributed by atoms with Gasteiger partial charge in [0.05, 0.1) is 19.4 Å². The fourth-order valence-corrected chi connectivity index (χ4v) is 4.36. The van der Waals surface area contributed by atoms with Gasteiger partial charge in [-0.1, -0.05) is 6.07 Å². The molecule has 1 N–H and O–H groups in total. The quantitative estimate of drug-likeness (QED) is 0.648. The maximum Gasteiger partial charge on any atom is 0.263 e. The average molecular weight is 430 g/mol. The summed E-state index contributed by atoms with van der Waals surface area (Å²) in [4.78, 5) is 0.163. The molecule has 0 heterocycles. The van der Waals surface area contributed by atoms with Crippen molar-refractivity contribution in [3.05, 3.63) is 46.4 Å². The van der Waals surface area contributed by atoms with Crippen LogP contribution in [-0.2, 0) is 14.8 Å². The Balaban J connectivity index is 2.27. The van der Waals surface area contributed by atoms with Crippen LogP contribution in [0.2, 0.25) is 0 Å². The van der Waals surface area contributed by atoms with Crippen molar-refractivity contribution in [1.82, 2.24) is 0 Å². The summed E-state index contributed by atoms with van der Waals surface area (Å²) in [7, 11) is -0.647. The molecule has 0 atom stereocenters. The lowest BCUT2D eigenvalue weighted by Crippen LogP contribution is -2.14. The Morgan fingerprint density at radius 2 is 1.80 bits per heavy atom. The summed E-state index contributed by atoms with van der Waals surface area (Å²) >= 11 is 3.30. The minimum absolute atomic E-state index is 0.163. The number of halogens is 1. The van der Waals surface area contributed by atoms with Gasteiger partial charge in [-0.2, -0.15) is 0 Å². The summed E-state index contributed by atoms with van der Waals surface area (Å²) in [6.07, 6.45) is 0. The molecule has 0 aliphatic heterocycles. The van der Waals surface area contributed by atoms with E-state index in [1.165, 1.54) is 7.11 Å². The molecule has 0 bridgehead atoms. The number of hydrogen-bond donors (Lipinski definition) is 1. The van der Waals surface area contributed by atoms with Crippen LogP contribution in [0.3, 0.4) is 0 Å². The maximum absolute atomic E-state index is 12.6. The zero-order chi connectivity index (χ0) is 18.4. The Morgan fingerprint density at radius 3 is 2.44 bits per heavy atom. The van der Waals surface area contributed by atoms with Crippen LogP contribution >= 0.6 is 15.9 Å². The highest BCUT2D eigenvalue weighted by atomic mass is 79.9. The number of ether oxygens (including phenoxy) is 3. The lowest BCUT2D eigenvalue weighted by Gasteiger charge is -2.14. The maximum atomic E-state index is 12.6. The van der Waals surface area contributed by atoms with Gasteiger partial charge in [-0.05, 0) is 52.7 Å². The highest BCUT2D eigenvalue weighted by Gasteiger charge is 2.18. The Labute approximate surface area is 156 Å². The smallest absolute Gasteiger partial charge is 0.263 e. The summed E-state index contributed by atoms with van der Waals surface area (Å²) in [5.41, 5.74) is 1.34. The lowest BCUT2D eigenvalue weighted by atomic mass is 10.2. The van der Waals surface area contributed by atoms with Gasteiger partial charge < -0.3 is 14.2 Å². The second-order valence-electron chi connectivity index (χ2n) is 5.25. The fraction of sp³-hybridized carbons (Fsp3) is 0.294. The van der Waals surface area contributed by atoms with E-state index in [1.807, 2.05) is 6.92 Å². The molecule has 2 rings (SSSR count). The van der Waals surface area contributed by atoms with E-state index < -0.39 is 10.0 Å². The Bertz CT molecular complexity index is 839. The second-order valence-corrected chi connectivity index (χ2v) is 7.75. The Hall–Kier alpha value is -1.77. The molecule has 2 aromatic rings. The van der Waals surface area contributed by atoms with Crippen LogP contribution in [0, 0.1) is 6.92 Å². The normalized spacial score (nSPS) is 11.2. The number of aryl methyl sites for hydroxylation is 1. The molecular weight excluding hydrogens is 410 g/mol. The SMILES string of the molecule is COCCOc1cc(NS(=O)(=O)c2ccc(C)cc2Br)ccc1OC. The minimum Gasteiger partial charge on any atom is -0.493 e. The monoisotopic (exact) mass is 429 g/mol. The van der Waals surface area contributed by atoms with Gasteiger partial charge in [0.15, 0.2) is 11.5 Å².